The summed E-state index contributed by atoms with van der Waals surface area (Å²) in [5.74, 6) is -0.415. The highest BCUT2D eigenvalue weighted by molar-refractivity contribution is 7.71. The third-order valence-electron chi connectivity index (χ3n) is 2.76. The normalized spacial score (nSPS) is 11.1. The predicted molar refractivity (Wildman–Crippen MR) is 75.3 cm³/mol. The summed E-state index contributed by atoms with van der Waals surface area (Å²) < 4.78 is 1.46. The number of H-pyrrole nitrogens is 2. The smallest absolute Gasteiger partial charge is 0.259 e. The summed E-state index contributed by atoms with van der Waals surface area (Å²) in [6.45, 7) is 2.55. The van der Waals surface area contributed by atoms with Crippen molar-refractivity contribution in [1.29, 1.82) is 0 Å². The lowest BCUT2D eigenvalue weighted by molar-refractivity contribution is -0.390. The average Bonchev–Trinajstić information content (AvgIpc) is 2.44. The van der Waals surface area contributed by atoms with Gasteiger partial charge in [-0.25, -0.2) is 4.98 Å². The van der Waals surface area contributed by atoms with Crippen LogP contribution in [0.3, 0.4) is 0 Å². The van der Waals surface area contributed by atoms with E-state index in [0.717, 1.165) is 5.69 Å². The van der Waals surface area contributed by atoms with E-state index >= 15 is 0 Å². The Morgan fingerprint density at radius 1 is 1.55 bits per heavy atom. The van der Waals surface area contributed by atoms with Crippen LogP contribution in [0, 0.1) is 4.77 Å². The second-order valence-corrected chi connectivity index (χ2v) is 4.47. The van der Waals surface area contributed by atoms with Crippen LogP contribution in [0.2, 0.25) is 0 Å². The van der Waals surface area contributed by atoms with Gasteiger partial charge in [-0.1, -0.05) is 6.07 Å². The molecule has 0 aliphatic heterocycles. The van der Waals surface area contributed by atoms with E-state index in [-0.39, 0.29) is 10.3 Å². The van der Waals surface area contributed by atoms with E-state index < -0.39 is 11.4 Å². The van der Waals surface area contributed by atoms with Crippen LogP contribution < -0.4 is 15.6 Å². The maximum atomic E-state index is 12.1. The summed E-state index contributed by atoms with van der Waals surface area (Å²) in [6, 6.07) is 5.61. The zero-order valence-corrected chi connectivity index (χ0v) is 11.7. The van der Waals surface area contributed by atoms with Crippen molar-refractivity contribution in [3.8, 4) is 5.88 Å². The van der Waals surface area contributed by atoms with E-state index in [2.05, 4.69) is 15.0 Å². The second kappa shape index (κ2) is 6.25. The van der Waals surface area contributed by atoms with Gasteiger partial charge in [-0.05, 0) is 25.0 Å². The Labute approximate surface area is 120 Å². The standard InChI is InChI=1S/C13H14N4O2S/c1-2-17-12(19)10(11(18)16-13(17)20)8-14-7-9-5-3-4-6-15-9/h3-6,8,19H,2,7H2,1H3,(H,16,18,20). The number of aromatic nitrogens is 3. The number of hydrogen-bond donors (Lipinski definition) is 1. The third-order valence-corrected chi connectivity index (χ3v) is 3.08. The molecule has 0 aliphatic carbocycles. The van der Waals surface area contributed by atoms with Crippen molar-refractivity contribution in [2.24, 2.45) is 4.99 Å². The van der Waals surface area contributed by atoms with E-state index in [4.69, 9.17) is 12.2 Å². The molecule has 0 spiro atoms. The van der Waals surface area contributed by atoms with Gasteiger partial charge in [0.1, 0.15) is 6.54 Å². The molecule has 0 aromatic carbocycles. The van der Waals surface area contributed by atoms with E-state index in [0.29, 0.717) is 13.1 Å². The first-order valence-electron chi connectivity index (χ1n) is 6.13. The van der Waals surface area contributed by atoms with Gasteiger partial charge in [0.2, 0.25) is 5.69 Å². The van der Waals surface area contributed by atoms with Crippen molar-refractivity contribution in [3.05, 3.63) is 50.8 Å². The molecule has 0 saturated carbocycles. The second-order valence-electron chi connectivity index (χ2n) is 4.08. The highest BCUT2D eigenvalue weighted by Crippen LogP contribution is 2.07. The number of rotatable bonds is 4. The van der Waals surface area contributed by atoms with Gasteiger partial charge in [0.25, 0.3) is 5.56 Å². The molecule has 104 valence electrons. The Morgan fingerprint density at radius 3 is 3.00 bits per heavy atom. The Balaban J connectivity index is 2.30. The van der Waals surface area contributed by atoms with Crippen molar-refractivity contribution in [1.82, 2.24) is 9.55 Å². The van der Waals surface area contributed by atoms with Crippen LogP contribution in [-0.4, -0.2) is 15.8 Å². The van der Waals surface area contributed by atoms with Crippen LogP contribution in [0.1, 0.15) is 18.2 Å². The number of aliphatic imine (C=N–C) groups is 1. The van der Waals surface area contributed by atoms with Crippen molar-refractivity contribution in [2.75, 3.05) is 0 Å². The zero-order chi connectivity index (χ0) is 14.5. The minimum atomic E-state index is -0.509. The van der Waals surface area contributed by atoms with Crippen molar-refractivity contribution in [2.45, 2.75) is 20.0 Å². The van der Waals surface area contributed by atoms with Gasteiger partial charge in [-0.2, -0.15) is 0 Å². The number of nitrogens with zero attached hydrogens (tertiary/aromatic N) is 2. The first kappa shape index (κ1) is 14.1. The molecule has 2 heterocycles. The molecule has 2 rings (SSSR count). The molecular formula is C13H14N4O2S. The summed E-state index contributed by atoms with van der Waals surface area (Å²) in [5, 5.41) is 12.1. The fourth-order valence-electron chi connectivity index (χ4n) is 1.73. The lowest BCUT2D eigenvalue weighted by Gasteiger charge is -2.17. The van der Waals surface area contributed by atoms with Crippen LogP contribution in [0.25, 0.3) is 0 Å². The SMILES string of the molecule is CCn1c([O-])c(C=NCc2cccc[nH+]2)c(=O)[nH]c1=S. The highest BCUT2D eigenvalue weighted by Gasteiger charge is 2.03. The summed E-state index contributed by atoms with van der Waals surface area (Å²) in [6.07, 6.45) is 3.08. The van der Waals surface area contributed by atoms with E-state index in [1.54, 1.807) is 13.1 Å². The molecule has 0 radical (unpaired) electrons. The number of pyridine rings is 1. The molecule has 0 saturated heterocycles. The van der Waals surface area contributed by atoms with Crippen LogP contribution in [0.4, 0.5) is 0 Å². The van der Waals surface area contributed by atoms with Gasteiger partial charge in [-0.3, -0.25) is 14.8 Å². The molecule has 0 atom stereocenters. The Kier molecular flexibility index (Phi) is 4.41. The molecule has 2 N–H and O–H groups in total. The maximum Gasteiger partial charge on any atom is 0.259 e. The molecule has 6 nitrogen and oxygen atoms in total. The van der Waals surface area contributed by atoms with Crippen LogP contribution in [0.15, 0.2) is 34.2 Å². The van der Waals surface area contributed by atoms with Crippen LogP contribution >= 0.6 is 12.2 Å². The van der Waals surface area contributed by atoms with E-state index in [1.165, 1.54) is 10.8 Å². The number of aromatic amines is 2. The minimum Gasteiger partial charge on any atom is -0.859 e. The highest BCUT2D eigenvalue weighted by atomic mass is 32.1. The first-order valence-corrected chi connectivity index (χ1v) is 6.54. The topological polar surface area (TPSA) is 87.3 Å². The average molecular weight is 290 g/mol. The fourth-order valence-corrected chi connectivity index (χ4v) is 2.04. The van der Waals surface area contributed by atoms with Gasteiger partial charge in [-0.15, -0.1) is 0 Å². The van der Waals surface area contributed by atoms with Gasteiger partial charge in [0, 0.05) is 24.9 Å². The largest absolute Gasteiger partial charge is 0.859 e. The van der Waals surface area contributed by atoms with Gasteiger partial charge >= 0.3 is 0 Å². The van der Waals surface area contributed by atoms with E-state index in [9.17, 15) is 9.90 Å². The monoisotopic (exact) mass is 290 g/mol. The quantitative estimate of drug-likeness (QED) is 0.654. The lowest BCUT2D eigenvalue weighted by atomic mass is 10.3. The predicted octanol–water partition coefficient (Wildman–Crippen LogP) is 0.433. The fraction of sp³-hybridized carbons (Fsp3) is 0.231. The zero-order valence-electron chi connectivity index (χ0n) is 10.9. The summed E-state index contributed by atoms with van der Waals surface area (Å²) in [4.78, 5) is 21.3. The van der Waals surface area contributed by atoms with Gasteiger partial charge in [0.15, 0.2) is 11.0 Å². The van der Waals surface area contributed by atoms with Crippen molar-refractivity contribution >= 4 is 18.4 Å². The third kappa shape index (κ3) is 3.00. The van der Waals surface area contributed by atoms with Crippen LogP contribution in [0.5, 0.6) is 5.88 Å². The molecule has 0 fully saturated rings. The molecule has 0 unspecified atom stereocenters. The summed E-state index contributed by atoms with van der Waals surface area (Å²) in [7, 11) is 0. The maximum absolute atomic E-state index is 12.1. The summed E-state index contributed by atoms with van der Waals surface area (Å²) in [5.41, 5.74) is 0.373. The first-order chi connectivity index (χ1) is 9.63. The Morgan fingerprint density at radius 2 is 2.35 bits per heavy atom. The van der Waals surface area contributed by atoms with Crippen LogP contribution in [-0.2, 0) is 13.1 Å². The molecule has 0 aliphatic rings. The molecule has 20 heavy (non-hydrogen) atoms. The number of hydrogen-bond acceptors (Lipinski definition) is 4. The number of nitrogens with one attached hydrogen (secondary N) is 2. The molecular weight excluding hydrogens is 276 g/mol. The summed E-state index contributed by atoms with van der Waals surface area (Å²) >= 11 is 4.93. The molecule has 7 heteroatoms. The minimum absolute atomic E-state index is 0.00335. The van der Waals surface area contributed by atoms with Crippen molar-refractivity contribution in [3.63, 3.8) is 0 Å². The molecule has 2 aromatic heterocycles. The van der Waals surface area contributed by atoms with E-state index in [1.807, 2.05) is 18.2 Å². The lowest BCUT2D eigenvalue weighted by Crippen LogP contribution is -2.22. The Hall–Kier alpha value is -2.28. The molecule has 0 bridgehead atoms. The van der Waals surface area contributed by atoms with Gasteiger partial charge in [0.05, 0.1) is 5.56 Å². The van der Waals surface area contributed by atoms with Crippen molar-refractivity contribution < 1.29 is 10.1 Å². The Bertz CT molecular complexity index is 734. The molecule has 2 aromatic rings. The van der Waals surface area contributed by atoms with Gasteiger partial charge < -0.3 is 9.67 Å². The molecule has 0 amide bonds.